The molecule has 25 heavy (non-hydrogen) atoms. The topological polar surface area (TPSA) is 76.6 Å². The molecule has 0 atom stereocenters. The first-order valence-corrected chi connectivity index (χ1v) is 9.65. The van der Waals surface area contributed by atoms with Gasteiger partial charge in [0.05, 0.1) is 4.90 Å². The van der Waals surface area contributed by atoms with Crippen molar-refractivity contribution >= 4 is 38.2 Å². The van der Waals surface area contributed by atoms with Crippen LogP contribution >= 0.6 is 11.3 Å². The Morgan fingerprint density at radius 2 is 1.92 bits per heavy atom. The second-order valence-corrected chi connectivity index (χ2v) is 8.92. The average Bonchev–Trinajstić information content (AvgIpc) is 2.98. The summed E-state index contributed by atoms with van der Waals surface area (Å²) < 4.78 is 31.2. The van der Waals surface area contributed by atoms with Gasteiger partial charge in [0.15, 0.2) is 5.75 Å². The standard InChI is InChI=1S/C17H16N2O4S2/c1-11-15(25(21,22)19(2)3)10-14(24-11)17(20)23-13-8-4-6-12-7-5-9-18-16(12)13/h4-10H,1-3H3. The van der Waals surface area contributed by atoms with E-state index in [1.165, 1.54) is 20.2 Å². The van der Waals surface area contributed by atoms with Gasteiger partial charge < -0.3 is 4.74 Å². The average molecular weight is 376 g/mol. The second kappa shape index (κ2) is 6.55. The molecule has 0 amide bonds. The van der Waals surface area contributed by atoms with Gasteiger partial charge in [0.1, 0.15) is 10.4 Å². The molecule has 6 nitrogen and oxygen atoms in total. The summed E-state index contributed by atoms with van der Waals surface area (Å²) in [5.74, 6) is -0.266. The van der Waals surface area contributed by atoms with Crippen molar-refractivity contribution in [2.45, 2.75) is 11.8 Å². The summed E-state index contributed by atoms with van der Waals surface area (Å²) in [6, 6.07) is 10.3. The van der Waals surface area contributed by atoms with Crippen LogP contribution in [-0.2, 0) is 10.0 Å². The molecule has 3 aromatic rings. The molecule has 3 rings (SSSR count). The number of esters is 1. The first-order valence-electron chi connectivity index (χ1n) is 7.39. The summed E-state index contributed by atoms with van der Waals surface area (Å²) in [6.45, 7) is 1.66. The van der Waals surface area contributed by atoms with Crippen LogP contribution in [-0.4, -0.2) is 37.8 Å². The van der Waals surface area contributed by atoms with E-state index in [0.29, 0.717) is 16.1 Å². The van der Waals surface area contributed by atoms with E-state index in [1.54, 1.807) is 31.3 Å². The van der Waals surface area contributed by atoms with Gasteiger partial charge in [0, 0.05) is 30.6 Å². The Balaban J connectivity index is 1.95. The highest BCUT2D eigenvalue weighted by molar-refractivity contribution is 7.89. The number of nitrogens with zero attached hydrogens (tertiary/aromatic N) is 2. The van der Waals surface area contributed by atoms with E-state index in [1.807, 2.05) is 12.1 Å². The molecule has 0 aliphatic carbocycles. The van der Waals surface area contributed by atoms with Crippen LogP contribution in [0, 0.1) is 6.92 Å². The molecule has 1 aromatic carbocycles. The maximum Gasteiger partial charge on any atom is 0.353 e. The first-order chi connectivity index (χ1) is 11.8. The van der Waals surface area contributed by atoms with E-state index in [9.17, 15) is 13.2 Å². The minimum Gasteiger partial charge on any atom is -0.420 e. The highest BCUT2D eigenvalue weighted by atomic mass is 32.2. The number of para-hydroxylation sites is 1. The number of aromatic nitrogens is 1. The zero-order valence-electron chi connectivity index (χ0n) is 13.9. The van der Waals surface area contributed by atoms with Gasteiger partial charge in [-0.15, -0.1) is 11.3 Å². The fourth-order valence-corrected chi connectivity index (χ4v) is 4.66. The minimum atomic E-state index is -3.60. The summed E-state index contributed by atoms with van der Waals surface area (Å²) in [5, 5.41) is 0.853. The van der Waals surface area contributed by atoms with Crippen molar-refractivity contribution in [3.8, 4) is 5.75 Å². The monoisotopic (exact) mass is 376 g/mol. The summed E-state index contributed by atoms with van der Waals surface area (Å²) in [7, 11) is -0.703. The lowest BCUT2D eigenvalue weighted by molar-refractivity contribution is 0.0741. The molecule has 0 aliphatic rings. The Morgan fingerprint density at radius 3 is 2.64 bits per heavy atom. The van der Waals surface area contributed by atoms with Gasteiger partial charge in [0.2, 0.25) is 10.0 Å². The minimum absolute atomic E-state index is 0.116. The summed E-state index contributed by atoms with van der Waals surface area (Å²) in [4.78, 5) is 17.6. The smallest absolute Gasteiger partial charge is 0.353 e. The zero-order valence-corrected chi connectivity index (χ0v) is 15.5. The second-order valence-electron chi connectivity index (χ2n) is 5.54. The number of ether oxygens (including phenoxy) is 1. The largest absolute Gasteiger partial charge is 0.420 e. The summed E-state index contributed by atoms with van der Waals surface area (Å²) in [5.41, 5.74) is 0.577. The number of hydrogen-bond acceptors (Lipinski definition) is 6. The number of rotatable bonds is 4. The Kier molecular flexibility index (Phi) is 4.59. The first kappa shape index (κ1) is 17.5. The molecule has 0 saturated heterocycles. The molecule has 0 unspecified atom stereocenters. The fourth-order valence-electron chi connectivity index (χ4n) is 2.33. The van der Waals surface area contributed by atoms with E-state index >= 15 is 0 Å². The summed E-state index contributed by atoms with van der Waals surface area (Å²) >= 11 is 1.09. The van der Waals surface area contributed by atoms with Crippen molar-refractivity contribution in [1.82, 2.24) is 9.29 Å². The lowest BCUT2D eigenvalue weighted by Gasteiger charge is -2.10. The van der Waals surface area contributed by atoms with Crippen molar-refractivity contribution in [3.05, 3.63) is 52.3 Å². The maximum atomic E-state index is 12.5. The lowest BCUT2D eigenvalue weighted by atomic mass is 10.2. The number of carbonyl (C=O) groups excluding carboxylic acids is 1. The van der Waals surface area contributed by atoms with Crippen LogP contribution in [0.25, 0.3) is 10.9 Å². The number of pyridine rings is 1. The molecule has 130 valence electrons. The molecule has 2 heterocycles. The molecule has 0 N–H and O–H groups in total. The van der Waals surface area contributed by atoms with E-state index in [0.717, 1.165) is 21.0 Å². The van der Waals surface area contributed by atoms with Gasteiger partial charge in [0.25, 0.3) is 0 Å². The van der Waals surface area contributed by atoms with Gasteiger partial charge in [-0.25, -0.2) is 17.5 Å². The van der Waals surface area contributed by atoms with Gasteiger partial charge in [-0.1, -0.05) is 18.2 Å². The number of benzene rings is 1. The molecule has 0 fully saturated rings. The number of carbonyl (C=O) groups is 1. The van der Waals surface area contributed by atoms with Crippen LogP contribution in [0.2, 0.25) is 0 Å². The third-order valence-corrected chi connectivity index (χ3v) is 6.73. The van der Waals surface area contributed by atoms with Gasteiger partial charge >= 0.3 is 5.97 Å². The normalized spacial score (nSPS) is 11.8. The van der Waals surface area contributed by atoms with E-state index in [4.69, 9.17) is 4.74 Å². The van der Waals surface area contributed by atoms with Crippen LogP contribution in [0.3, 0.4) is 0 Å². The molecular weight excluding hydrogens is 360 g/mol. The maximum absolute atomic E-state index is 12.5. The molecule has 8 heteroatoms. The Morgan fingerprint density at radius 1 is 1.20 bits per heavy atom. The predicted molar refractivity (Wildman–Crippen MR) is 96.6 cm³/mol. The predicted octanol–water partition coefficient (Wildman–Crippen LogP) is 3.07. The van der Waals surface area contributed by atoms with Gasteiger partial charge in [-0.2, -0.15) is 0 Å². The Hall–Kier alpha value is -2.29. The molecule has 0 spiro atoms. The molecule has 0 saturated carbocycles. The SMILES string of the molecule is Cc1sc(C(=O)Oc2cccc3cccnc23)cc1S(=O)(=O)N(C)C. The molecule has 0 radical (unpaired) electrons. The summed E-state index contributed by atoms with van der Waals surface area (Å²) in [6.07, 6.45) is 1.62. The molecular formula is C17H16N2O4S2. The number of hydrogen-bond donors (Lipinski definition) is 0. The van der Waals surface area contributed by atoms with Crippen LogP contribution < -0.4 is 4.74 Å². The van der Waals surface area contributed by atoms with Crippen LogP contribution in [0.15, 0.2) is 47.5 Å². The lowest BCUT2D eigenvalue weighted by Crippen LogP contribution is -2.22. The van der Waals surface area contributed by atoms with Gasteiger partial charge in [-0.3, -0.25) is 4.98 Å². The number of thiophene rings is 1. The van der Waals surface area contributed by atoms with E-state index in [2.05, 4.69) is 4.98 Å². The quantitative estimate of drug-likeness (QED) is 0.517. The highest BCUT2D eigenvalue weighted by Gasteiger charge is 2.25. The third-order valence-electron chi connectivity index (χ3n) is 3.63. The van der Waals surface area contributed by atoms with Crippen molar-refractivity contribution < 1.29 is 17.9 Å². The number of fused-ring (bicyclic) bond motifs is 1. The third kappa shape index (κ3) is 3.28. The Labute approximate surface area is 149 Å². The van der Waals surface area contributed by atoms with Crippen molar-refractivity contribution in [2.75, 3.05) is 14.1 Å². The van der Waals surface area contributed by atoms with E-state index in [-0.39, 0.29) is 9.77 Å². The van der Waals surface area contributed by atoms with Crippen LogP contribution in [0.5, 0.6) is 5.75 Å². The highest BCUT2D eigenvalue weighted by Crippen LogP contribution is 2.29. The van der Waals surface area contributed by atoms with Crippen molar-refractivity contribution in [2.24, 2.45) is 0 Å². The van der Waals surface area contributed by atoms with Crippen molar-refractivity contribution in [1.29, 1.82) is 0 Å². The zero-order chi connectivity index (χ0) is 18.2. The van der Waals surface area contributed by atoms with Crippen molar-refractivity contribution in [3.63, 3.8) is 0 Å². The molecule has 2 aromatic heterocycles. The van der Waals surface area contributed by atoms with E-state index < -0.39 is 16.0 Å². The van der Waals surface area contributed by atoms with Crippen LogP contribution in [0.4, 0.5) is 0 Å². The van der Waals surface area contributed by atoms with Gasteiger partial charge in [-0.05, 0) is 25.1 Å². The molecule has 0 aliphatic heterocycles. The van der Waals surface area contributed by atoms with Crippen LogP contribution in [0.1, 0.15) is 14.5 Å². The number of aryl methyl sites for hydroxylation is 1. The molecule has 0 bridgehead atoms. The fraction of sp³-hybridized carbons (Fsp3) is 0.176. The number of sulfonamides is 1. The Bertz CT molecular complexity index is 1050.